The first-order chi connectivity index (χ1) is 11.0. The van der Waals surface area contributed by atoms with Crippen molar-refractivity contribution < 1.29 is 0 Å². The predicted molar refractivity (Wildman–Crippen MR) is 92.9 cm³/mol. The van der Waals surface area contributed by atoms with Crippen LogP contribution in [0.4, 0.5) is 0 Å². The highest BCUT2D eigenvalue weighted by Gasteiger charge is 2.12. The van der Waals surface area contributed by atoms with Crippen LogP contribution in [0.1, 0.15) is 16.8 Å². The third-order valence-corrected chi connectivity index (χ3v) is 4.13. The Hall–Kier alpha value is -1.96. The first-order valence-corrected chi connectivity index (χ1v) is 7.85. The minimum absolute atomic E-state index is 0.406. The first-order valence-electron chi connectivity index (χ1n) is 6.68. The van der Waals surface area contributed by atoms with Gasteiger partial charge in [-0.25, -0.2) is 4.68 Å². The molecule has 118 valence electrons. The molecular weight excluding hydrogens is 355 g/mol. The van der Waals surface area contributed by atoms with Crippen LogP contribution in [0.3, 0.4) is 0 Å². The SMILES string of the molecule is Cc1nn(Cc2ccc(Cl)cc2)c(Cl)c1C=Nn1cn[nH]c1=S. The van der Waals surface area contributed by atoms with Gasteiger partial charge in [0, 0.05) is 5.02 Å². The highest BCUT2D eigenvalue weighted by atomic mass is 35.5. The fraction of sp³-hybridized carbons (Fsp3) is 0.143. The van der Waals surface area contributed by atoms with Crippen LogP contribution in [-0.2, 0) is 6.54 Å². The average Bonchev–Trinajstić information content (AvgIpc) is 3.04. The molecule has 0 spiro atoms. The normalized spacial score (nSPS) is 11.4. The Balaban J connectivity index is 1.87. The van der Waals surface area contributed by atoms with Crippen LogP contribution in [0.15, 0.2) is 35.7 Å². The summed E-state index contributed by atoms with van der Waals surface area (Å²) in [5, 5.41) is 16.3. The Labute approximate surface area is 147 Å². The molecule has 0 aliphatic carbocycles. The maximum absolute atomic E-state index is 6.42. The Morgan fingerprint density at radius 3 is 2.70 bits per heavy atom. The molecule has 0 unspecified atom stereocenters. The van der Waals surface area contributed by atoms with Crippen LogP contribution in [0.5, 0.6) is 0 Å². The van der Waals surface area contributed by atoms with E-state index in [2.05, 4.69) is 20.4 Å². The molecule has 0 aliphatic heterocycles. The molecule has 2 heterocycles. The van der Waals surface area contributed by atoms with Crippen molar-refractivity contribution in [2.24, 2.45) is 5.10 Å². The number of rotatable bonds is 4. The summed E-state index contributed by atoms with van der Waals surface area (Å²) >= 11 is 17.3. The number of hydrogen-bond donors (Lipinski definition) is 1. The van der Waals surface area contributed by atoms with Crippen molar-refractivity contribution in [3.63, 3.8) is 0 Å². The molecule has 3 rings (SSSR count). The molecule has 0 atom stereocenters. The van der Waals surface area contributed by atoms with E-state index in [1.165, 1.54) is 11.0 Å². The van der Waals surface area contributed by atoms with Gasteiger partial charge in [0.25, 0.3) is 0 Å². The highest BCUT2D eigenvalue weighted by Crippen LogP contribution is 2.20. The Kier molecular flexibility index (Phi) is 4.61. The van der Waals surface area contributed by atoms with Crippen molar-refractivity contribution in [3.05, 3.63) is 62.4 Å². The zero-order chi connectivity index (χ0) is 16.4. The van der Waals surface area contributed by atoms with Gasteiger partial charge < -0.3 is 0 Å². The largest absolute Gasteiger partial charge is 0.250 e. The van der Waals surface area contributed by atoms with Crippen molar-refractivity contribution in [2.75, 3.05) is 0 Å². The molecule has 0 radical (unpaired) electrons. The minimum atomic E-state index is 0.406. The lowest BCUT2D eigenvalue weighted by molar-refractivity contribution is 0.680. The Bertz CT molecular complexity index is 906. The number of aryl methyl sites for hydroxylation is 1. The van der Waals surface area contributed by atoms with Gasteiger partial charge in [0.2, 0.25) is 4.77 Å². The van der Waals surface area contributed by atoms with Gasteiger partial charge in [-0.1, -0.05) is 35.3 Å². The van der Waals surface area contributed by atoms with E-state index in [1.807, 2.05) is 31.2 Å². The molecular formula is C14H12Cl2N6S. The van der Waals surface area contributed by atoms with Crippen LogP contribution in [0.2, 0.25) is 10.2 Å². The highest BCUT2D eigenvalue weighted by molar-refractivity contribution is 7.71. The summed E-state index contributed by atoms with van der Waals surface area (Å²) in [6.07, 6.45) is 3.11. The van der Waals surface area contributed by atoms with E-state index in [4.69, 9.17) is 35.4 Å². The van der Waals surface area contributed by atoms with Crippen molar-refractivity contribution in [1.82, 2.24) is 24.7 Å². The van der Waals surface area contributed by atoms with Gasteiger partial charge in [-0.2, -0.15) is 20.0 Å². The molecule has 23 heavy (non-hydrogen) atoms. The number of halogens is 2. The lowest BCUT2D eigenvalue weighted by Gasteiger charge is -2.03. The van der Waals surface area contributed by atoms with Crippen molar-refractivity contribution in [1.29, 1.82) is 0 Å². The number of aromatic amines is 1. The number of hydrogen-bond acceptors (Lipinski definition) is 4. The van der Waals surface area contributed by atoms with Crippen LogP contribution >= 0.6 is 35.4 Å². The van der Waals surface area contributed by atoms with E-state index in [1.54, 1.807) is 10.9 Å². The van der Waals surface area contributed by atoms with Gasteiger partial charge in [0.05, 0.1) is 24.0 Å². The molecule has 1 N–H and O–H groups in total. The summed E-state index contributed by atoms with van der Waals surface area (Å²) in [5.74, 6) is 0. The quantitative estimate of drug-likeness (QED) is 0.565. The number of benzene rings is 1. The first kappa shape index (κ1) is 15.9. The van der Waals surface area contributed by atoms with Crippen LogP contribution in [0.25, 0.3) is 0 Å². The second-order valence-electron chi connectivity index (χ2n) is 4.82. The summed E-state index contributed by atoms with van der Waals surface area (Å²) in [5.41, 5.74) is 2.57. The van der Waals surface area contributed by atoms with Crippen LogP contribution in [0, 0.1) is 11.7 Å². The van der Waals surface area contributed by atoms with E-state index in [-0.39, 0.29) is 0 Å². The second kappa shape index (κ2) is 6.66. The molecule has 1 aromatic carbocycles. The fourth-order valence-corrected chi connectivity index (χ4v) is 2.58. The monoisotopic (exact) mass is 366 g/mol. The van der Waals surface area contributed by atoms with Crippen molar-refractivity contribution in [2.45, 2.75) is 13.5 Å². The molecule has 0 aliphatic rings. The van der Waals surface area contributed by atoms with Crippen LogP contribution in [-0.4, -0.2) is 30.9 Å². The zero-order valence-corrected chi connectivity index (χ0v) is 14.4. The standard InChI is InChI=1S/C14H12Cl2N6S/c1-9-12(6-18-22-8-17-19-14(22)23)13(16)21(20-9)7-10-2-4-11(15)5-3-10/h2-6,8H,7H2,1H3,(H,19,23). The van der Waals surface area contributed by atoms with E-state index in [0.717, 1.165) is 16.8 Å². The summed E-state index contributed by atoms with van der Waals surface area (Å²) in [6.45, 7) is 2.43. The molecule has 6 nitrogen and oxygen atoms in total. The summed E-state index contributed by atoms with van der Waals surface area (Å²) < 4.78 is 3.57. The molecule has 0 bridgehead atoms. The lowest BCUT2D eigenvalue weighted by atomic mass is 10.2. The predicted octanol–water partition coefficient (Wildman–Crippen LogP) is 3.68. The lowest BCUT2D eigenvalue weighted by Crippen LogP contribution is -2.02. The van der Waals surface area contributed by atoms with E-state index < -0.39 is 0 Å². The maximum Gasteiger partial charge on any atom is 0.216 e. The fourth-order valence-electron chi connectivity index (χ4n) is 2.03. The third kappa shape index (κ3) is 3.52. The van der Waals surface area contributed by atoms with E-state index in [9.17, 15) is 0 Å². The smallest absolute Gasteiger partial charge is 0.216 e. The molecule has 0 saturated carbocycles. The van der Waals surface area contributed by atoms with Crippen LogP contribution < -0.4 is 0 Å². The summed E-state index contributed by atoms with van der Waals surface area (Å²) in [7, 11) is 0. The number of H-pyrrole nitrogens is 1. The van der Waals surface area contributed by atoms with E-state index >= 15 is 0 Å². The minimum Gasteiger partial charge on any atom is -0.250 e. The molecule has 9 heteroatoms. The molecule has 0 amide bonds. The number of aromatic nitrogens is 5. The summed E-state index contributed by atoms with van der Waals surface area (Å²) in [6, 6.07) is 7.55. The third-order valence-electron chi connectivity index (χ3n) is 3.20. The average molecular weight is 367 g/mol. The molecule has 2 aromatic heterocycles. The van der Waals surface area contributed by atoms with Gasteiger partial charge in [0.15, 0.2) is 0 Å². The van der Waals surface area contributed by atoms with Gasteiger partial charge in [-0.15, -0.1) is 0 Å². The van der Waals surface area contributed by atoms with Gasteiger partial charge in [-0.05, 0) is 36.8 Å². The number of nitrogens with one attached hydrogen (secondary N) is 1. The van der Waals surface area contributed by atoms with Gasteiger partial charge >= 0.3 is 0 Å². The molecule has 0 saturated heterocycles. The Morgan fingerprint density at radius 2 is 2.04 bits per heavy atom. The number of nitrogens with zero attached hydrogens (tertiary/aromatic N) is 5. The van der Waals surface area contributed by atoms with E-state index in [0.29, 0.717) is 21.5 Å². The second-order valence-corrected chi connectivity index (χ2v) is 6.01. The summed E-state index contributed by atoms with van der Waals surface area (Å²) in [4.78, 5) is 0. The van der Waals surface area contributed by atoms with Gasteiger partial charge in [0.1, 0.15) is 11.5 Å². The molecule has 0 fully saturated rings. The van der Waals surface area contributed by atoms with Crippen molar-refractivity contribution in [3.8, 4) is 0 Å². The zero-order valence-electron chi connectivity index (χ0n) is 12.1. The van der Waals surface area contributed by atoms with Crippen molar-refractivity contribution >= 4 is 41.6 Å². The van der Waals surface area contributed by atoms with Gasteiger partial charge in [-0.3, -0.25) is 5.10 Å². The maximum atomic E-state index is 6.42. The topological polar surface area (TPSA) is 63.8 Å². The Morgan fingerprint density at radius 1 is 1.30 bits per heavy atom. The molecule has 3 aromatic rings.